The molecule has 2 rings (SSSR count). The second-order valence-electron chi connectivity index (χ2n) is 5.83. The summed E-state index contributed by atoms with van der Waals surface area (Å²) in [5.41, 5.74) is 0.559. The number of nitrogens with one attached hydrogen (secondary N) is 1. The Hall–Kier alpha value is -2.49. The molecule has 142 valence electrons. The van der Waals surface area contributed by atoms with E-state index in [9.17, 15) is 22.4 Å². The normalized spacial score (nSPS) is 11.8. The minimum atomic E-state index is -4.24. The number of rotatable bonds is 7. The average Bonchev–Trinajstić information content (AvgIpc) is 2.92. The fourth-order valence-electron chi connectivity index (χ4n) is 2.33. The molecule has 0 atom stereocenters. The highest BCUT2D eigenvalue weighted by Crippen LogP contribution is 2.15. The van der Waals surface area contributed by atoms with Crippen LogP contribution < -0.4 is 5.32 Å². The van der Waals surface area contributed by atoms with Crippen LogP contribution in [0.2, 0.25) is 0 Å². The van der Waals surface area contributed by atoms with Gasteiger partial charge in [0.05, 0.1) is 12.2 Å². The first kappa shape index (κ1) is 19.8. The summed E-state index contributed by atoms with van der Waals surface area (Å²) in [4.78, 5) is 17.3. The van der Waals surface area contributed by atoms with Crippen molar-refractivity contribution in [2.24, 2.45) is 0 Å². The summed E-state index contributed by atoms with van der Waals surface area (Å²) in [6.45, 7) is 1.05. The van der Waals surface area contributed by atoms with Crippen LogP contribution >= 0.6 is 0 Å². The van der Waals surface area contributed by atoms with Crippen LogP contribution in [0, 0.1) is 12.7 Å². The molecular weight excluding hydrogens is 354 g/mol. The van der Waals surface area contributed by atoms with Gasteiger partial charge in [-0.1, -0.05) is 0 Å². The molecule has 1 aromatic carbocycles. The van der Waals surface area contributed by atoms with Crippen molar-refractivity contribution in [1.82, 2.24) is 25.0 Å². The van der Waals surface area contributed by atoms with Gasteiger partial charge in [0.15, 0.2) is 0 Å². The van der Waals surface area contributed by atoms with E-state index in [0.717, 1.165) is 4.90 Å². The number of amides is 1. The summed E-state index contributed by atoms with van der Waals surface area (Å²) in [5.74, 6) is -0.519. The summed E-state index contributed by atoms with van der Waals surface area (Å²) < 4.78 is 51.0. The van der Waals surface area contributed by atoms with Crippen LogP contribution in [-0.2, 0) is 0 Å². The molecule has 0 aliphatic heterocycles. The first-order valence-corrected chi connectivity index (χ1v) is 7.89. The van der Waals surface area contributed by atoms with E-state index in [1.807, 2.05) is 0 Å². The van der Waals surface area contributed by atoms with Crippen LogP contribution in [-0.4, -0.2) is 58.4 Å². The number of halogens is 4. The van der Waals surface area contributed by atoms with Gasteiger partial charge >= 0.3 is 6.18 Å². The average molecular weight is 373 g/mol. The molecule has 2 aromatic rings. The molecule has 0 saturated heterocycles. The number of aromatic nitrogens is 3. The van der Waals surface area contributed by atoms with Gasteiger partial charge in [0.2, 0.25) is 5.82 Å². The fraction of sp³-hybridized carbons (Fsp3) is 0.438. The van der Waals surface area contributed by atoms with Crippen molar-refractivity contribution in [2.75, 3.05) is 26.7 Å². The van der Waals surface area contributed by atoms with Crippen LogP contribution in [0.3, 0.4) is 0 Å². The molecule has 10 heteroatoms. The molecule has 0 fully saturated rings. The van der Waals surface area contributed by atoms with Crippen LogP contribution in [0.15, 0.2) is 24.3 Å². The van der Waals surface area contributed by atoms with E-state index in [2.05, 4.69) is 15.4 Å². The molecule has 0 saturated carbocycles. The van der Waals surface area contributed by atoms with Gasteiger partial charge in [-0.2, -0.15) is 13.2 Å². The van der Waals surface area contributed by atoms with E-state index < -0.39 is 18.6 Å². The summed E-state index contributed by atoms with van der Waals surface area (Å²) in [6.07, 6.45) is -3.89. The third kappa shape index (κ3) is 5.80. The Balaban J connectivity index is 1.87. The summed E-state index contributed by atoms with van der Waals surface area (Å²) in [5, 5.41) is 6.66. The zero-order chi connectivity index (χ0) is 19.3. The largest absolute Gasteiger partial charge is 0.401 e. The van der Waals surface area contributed by atoms with Crippen molar-refractivity contribution in [3.8, 4) is 5.69 Å². The van der Waals surface area contributed by atoms with E-state index >= 15 is 0 Å². The standard InChI is InChI=1S/C16H19F4N5O/c1-11-22-14(23-25(11)13-6-4-12(17)5-7-13)15(26)21-8-3-9-24(2)10-16(18,19)20/h4-7H,3,8-10H2,1-2H3,(H,21,26). The maximum atomic E-state index is 13.0. The predicted octanol–water partition coefficient (Wildman–Crippen LogP) is 2.33. The van der Waals surface area contributed by atoms with Gasteiger partial charge in [-0.3, -0.25) is 9.69 Å². The Kier molecular flexibility index (Phi) is 6.30. The molecule has 1 N–H and O–H groups in total. The second kappa shape index (κ2) is 8.26. The van der Waals surface area contributed by atoms with Crippen molar-refractivity contribution < 1.29 is 22.4 Å². The topological polar surface area (TPSA) is 63.1 Å². The maximum Gasteiger partial charge on any atom is 0.401 e. The maximum absolute atomic E-state index is 13.0. The minimum absolute atomic E-state index is 0.0597. The first-order chi connectivity index (χ1) is 12.2. The van der Waals surface area contributed by atoms with Gasteiger partial charge in [0.25, 0.3) is 5.91 Å². The monoisotopic (exact) mass is 373 g/mol. The van der Waals surface area contributed by atoms with Crippen LogP contribution in [0.25, 0.3) is 5.69 Å². The van der Waals surface area contributed by atoms with Crippen molar-refractivity contribution in [1.29, 1.82) is 0 Å². The molecule has 0 spiro atoms. The zero-order valence-corrected chi connectivity index (χ0v) is 14.3. The van der Waals surface area contributed by atoms with Crippen molar-refractivity contribution in [3.63, 3.8) is 0 Å². The number of aryl methyl sites for hydroxylation is 1. The quantitative estimate of drug-likeness (QED) is 0.598. The lowest BCUT2D eigenvalue weighted by molar-refractivity contribution is -0.143. The van der Waals surface area contributed by atoms with E-state index in [1.165, 1.54) is 36.0 Å². The third-order valence-corrected chi connectivity index (χ3v) is 3.49. The minimum Gasteiger partial charge on any atom is -0.349 e. The number of hydrogen-bond acceptors (Lipinski definition) is 4. The highest BCUT2D eigenvalue weighted by atomic mass is 19.4. The summed E-state index contributed by atoms with van der Waals surface area (Å²) >= 11 is 0. The molecule has 0 unspecified atom stereocenters. The lowest BCUT2D eigenvalue weighted by Gasteiger charge is -2.18. The molecule has 1 amide bonds. The number of alkyl halides is 3. The Labute approximate surface area is 147 Å². The van der Waals surface area contributed by atoms with E-state index in [0.29, 0.717) is 17.9 Å². The van der Waals surface area contributed by atoms with Crippen LogP contribution in [0.4, 0.5) is 17.6 Å². The van der Waals surface area contributed by atoms with Gasteiger partial charge in [0, 0.05) is 6.54 Å². The molecule has 0 radical (unpaired) electrons. The molecule has 26 heavy (non-hydrogen) atoms. The van der Waals surface area contributed by atoms with Crippen molar-refractivity contribution >= 4 is 5.91 Å². The van der Waals surface area contributed by atoms with Gasteiger partial charge in [-0.05, 0) is 51.2 Å². The predicted molar refractivity (Wildman–Crippen MR) is 86.6 cm³/mol. The molecule has 0 aliphatic rings. The number of hydrogen-bond donors (Lipinski definition) is 1. The first-order valence-electron chi connectivity index (χ1n) is 7.89. The Morgan fingerprint density at radius 1 is 1.27 bits per heavy atom. The molecule has 6 nitrogen and oxygen atoms in total. The molecule has 1 aromatic heterocycles. The van der Waals surface area contributed by atoms with Gasteiger partial charge in [-0.25, -0.2) is 14.1 Å². The van der Waals surface area contributed by atoms with E-state index in [1.54, 1.807) is 6.92 Å². The SMILES string of the molecule is Cc1nc(C(=O)NCCCN(C)CC(F)(F)F)nn1-c1ccc(F)cc1. The lowest BCUT2D eigenvalue weighted by Crippen LogP contribution is -2.34. The Morgan fingerprint density at radius 2 is 1.92 bits per heavy atom. The smallest absolute Gasteiger partial charge is 0.349 e. The molecular formula is C16H19F4N5O. The van der Waals surface area contributed by atoms with E-state index in [-0.39, 0.29) is 24.7 Å². The van der Waals surface area contributed by atoms with Crippen molar-refractivity contribution in [2.45, 2.75) is 19.5 Å². The fourth-order valence-corrected chi connectivity index (χ4v) is 2.33. The molecule has 1 heterocycles. The number of carbonyl (C=O) groups excluding carboxylic acids is 1. The second-order valence-corrected chi connectivity index (χ2v) is 5.83. The number of carbonyl (C=O) groups is 1. The highest BCUT2D eigenvalue weighted by molar-refractivity contribution is 5.90. The lowest BCUT2D eigenvalue weighted by atomic mass is 10.3. The van der Waals surface area contributed by atoms with Crippen molar-refractivity contribution in [3.05, 3.63) is 41.7 Å². The molecule has 0 bridgehead atoms. The zero-order valence-electron chi connectivity index (χ0n) is 14.3. The Morgan fingerprint density at radius 3 is 2.54 bits per heavy atom. The van der Waals surface area contributed by atoms with Gasteiger partial charge in [-0.15, -0.1) is 5.10 Å². The summed E-state index contributed by atoms with van der Waals surface area (Å²) in [7, 11) is 1.37. The Bertz CT molecular complexity index is 742. The third-order valence-electron chi connectivity index (χ3n) is 3.49. The highest BCUT2D eigenvalue weighted by Gasteiger charge is 2.28. The molecule has 0 aliphatic carbocycles. The van der Waals surface area contributed by atoms with Crippen LogP contribution in [0.5, 0.6) is 0 Å². The number of nitrogens with zero attached hydrogens (tertiary/aromatic N) is 4. The summed E-state index contributed by atoms with van der Waals surface area (Å²) in [6, 6.07) is 5.56. The van der Waals surface area contributed by atoms with Crippen LogP contribution in [0.1, 0.15) is 22.9 Å². The van der Waals surface area contributed by atoms with Gasteiger partial charge < -0.3 is 5.32 Å². The van der Waals surface area contributed by atoms with Gasteiger partial charge in [0.1, 0.15) is 11.6 Å². The van der Waals surface area contributed by atoms with E-state index in [4.69, 9.17) is 0 Å². The number of benzene rings is 1.